The number of amides is 2. The summed E-state index contributed by atoms with van der Waals surface area (Å²) >= 11 is 1.64. The molecule has 2 N–H and O–H groups in total. The molecule has 2 rings (SSSR count). The molecule has 1 heterocycles. The molecule has 0 saturated heterocycles. The van der Waals surface area contributed by atoms with Crippen LogP contribution in [0.1, 0.15) is 25.8 Å². The Morgan fingerprint density at radius 2 is 2.00 bits per heavy atom. The average Bonchev–Trinajstić information content (AvgIpc) is 2.96. The number of nitrogens with one attached hydrogen (secondary N) is 1. The van der Waals surface area contributed by atoms with Crippen molar-refractivity contribution in [1.29, 1.82) is 0 Å². The van der Waals surface area contributed by atoms with E-state index in [2.05, 4.69) is 10.3 Å². The monoisotopic (exact) mass is 333 g/mol. The van der Waals surface area contributed by atoms with Crippen LogP contribution in [0.3, 0.4) is 0 Å². The van der Waals surface area contributed by atoms with Crippen molar-refractivity contribution in [1.82, 2.24) is 15.2 Å². The van der Waals surface area contributed by atoms with E-state index in [-0.39, 0.29) is 11.6 Å². The predicted octanol–water partition coefficient (Wildman–Crippen LogP) is 2.53. The Labute approximate surface area is 138 Å². The number of carboxylic acid groups (broad SMARTS) is 1. The molecule has 7 heteroatoms. The zero-order chi connectivity index (χ0) is 16.8. The normalized spacial score (nSPS) is 10.3. The van der Waals surface area contributed by atoms with Crippen molar-refractivity contribution in [3.05, 3.63) is 51.5 Å². The maximum absolute atomic E-state index is 12.0. The molecule has 2 amide bonds. The standard InChI is InChI=1S/C16H19N3O3S/c1-11-9-17-14(23-11)7-8-19(2)16(22)18-10-12-3-5-13(6-4-12)15(20)21/h3-6,9H,7-8,10H2,1-2H3,(H,18,22)(H,20,21). The van der Waals surface area contributed by atoms with Gasteiger partial charge in [-0.2, -0.15) is 0 Å². The number of carbonyl (C=O) groups is 2. The van der Waals surface area contributed by atoms with Gasteiger partial charge in [0.1, 0.15) is 0 Å². The number of aromatic carboxylic acids is 1. The predicted molar refractivity (Wildman–Crippen MR) is 88.8 cm³/mol. The number of carbonyl (C=O) groups excluding carboxylic acids is 1. The molecule has 6 nitrogen and oxygen atoms in total. The Kier molecular flexibility index (Phi) is 5.70. The second-order valence-corrected chi connectivity index (χ2v) is 6.52. The van der Waals surface area contributed by atoms with Gasteiger partial charge in [-0.3, -0.25) is 0 Å². The van der Waals surface area contributed by atoms with E-state index >= 15 is 0 Å². The number of hydrogen-bond acceptors (Lipinski definition) is 4. The molecule has 0 bridgehead atoms. The fourth-order valence-corrected chi connectivity index (χ4v) is 2.74. The van der Waals surface area contributed by atoms with Gasteiger partial charge in [-0.05, 0) is 24.6 Å². The average molecular weight is 333 g/mol. The highest BCUT2D eigenvalue weighted by Gasteiger charge is 2.09. The molecule has 0 fully saturated rings. The Bertz CT molecular complexity index is 682. The summed E-state index contributed by atoms with van der Waals surface area (Å²) < 4.78 is 0. The highest BCUT2D eigenvalue weighted by molar-refractivity contribution is 7.11. The minimum atomic E-state index is -0.960. The van der Waals surface area contributed by atoms with Crippen molar-refractivity contribution in [2.45, 2.75) is 19.9 Å². The lowest BCUT2D eigenvalue weighted by molar-refractivity contribution is 0.0697. The highest BCUT2D eigenvalue weighted by atomic mass is 32.1. The van der Waals surface area contributed by atoms with Gasteiger partial charge in [0.2, 0.25) is 0 Å². The van der Waals surface area contributed by atoms with Gasteiger partial charge in [0, 0.05) is 37.6 Å². The van der Waals surface area contributed by atoms with Gasteiger partial charge in [-0.25, -0.2) is 14.6 Å². The van der Waals surface area contributed by atoms with Crippen molar-refractivity contribution >= 4 is 23.3 Å². The van der Waals surface area contributed by atoms with Crippen LogP contribution in [0.15, 0.2) is 30.5 Å². The summed E-state index contributed by atoms with van der Waals surface area (Å²) in [6.45, 7) is 2.96. The first-order chi connectivity index (χ1) is 11.0. The minimum Gasteiger partial charge on any atom is -0.478 e. The molecule has 0 saturated carbocycles. The zero-order valence-corrected chi connectivity index (χ0v) is 13.9. The SMILES string of the molecule is Cc1cnc(CCN(C)C(=O)NCc2ccc(C(=O)O)cc2)s1. The topological polar surface area (TPSA) is 82.5 Å². The van der Waals surface area contributed by atoms with Crippen LogP contribution in [0, 0.1) is 6.92 Å². The van der Waals surface area contributed by atoms with E-state index in [0.29, 0.717) is 13.1 Å². The van der Waals surface area contributed by atoms with Gasteiger partial charge in [0.15, 0.2) is 0 Å². The second kappa shape index (κ2) is 7.73. The van der Waals surface area contributed by atoms with Crippen LogP contribution in [0.4, 0.5) is 4.79 Å². The number of carboxylic acids is 1. The minimum absolute atomic E-state index is 0.166. The summed E-state index contributed by atoms with van der Waals surface area (Å²) in [5, 5.41) is 12.7. The summed E-state index contributed by atoms with van der Waals surface area (Å²) in [5.41, 5.74) is 1.09. The quantitative estimate of drug-likeness (QED) is 0.851. The van der Waals surface area contributed by atoms with Crippen LogP contribution in [-0.2, 0) is 13.0 Å². The van der Waals surface area contributed by atoms with Crippen LogP contribution in [0.2, 0.25) is 0 Å². The Morgan fingerprint density at radius 3 is 2.57 bits per heavy atom. The fourth-order valence-electron chi connectivity index (χ4n) is 1.96. The molecule has 23 heavy (non-hydrogen) atoms. The number of urea groups is 1. The maximum Gasteiger partial charge on any atom is 0.335 e. The van der Waals surface area contributed by atoms with Crippen LogP contribution >= 0.6 is 11.3 Å². The molecule has 0 aliphatic heterocycles. The van der Waals surface area contributed by atoms with Gasteiger partial charge < -0.3 is 15.3 Å². The first-order valence-corrected chi connectivity index (χ1v) is 8.00. The first kappa shape index (κ1) is 17.0. The van der Waals surface area contributed by atoms with Crippen molar-refractivity contribution in [2.75, 3.05) is 13.6 Å². The fraction of sp³-hybridized carbons (Fsp3) is 0.312. The van der Waals surface area contributed by atoms with E-state index in [1.807, 2.05) is 13.1 Å². The van der Waals surface area contributed by atoms with Crippen LogP contribution < -0.4 is 5.32 Å². The number of aromatic nitrogens is 1. The van der Waals surface area contributed by atoms with Crippen LogP contribution in [-0.4, -0.2) is 40.6 Å². The molecular formula is C16H19N3O3S. The lowest BCUT2D eigenvalue weighted by atomic mass is 10.1. The number of likely N-dealkylation sites (N-methyl/N-ethyl adjacent to an activating group) is 1. The molecular weight excluding hydrogens is 314 g/mol. The Hall–Kier alpha value is -2.41. The number of thiazole rings is 1. The summed E-state index contributed by atoms with van der Waals surface area (Å²) in [6.07, 6.45) is 2.57. The lowest BCUT2D eigenvalue weighted by Gasteiger charge is -2.17. The summed E-state index contributed by atoms with van der Waals surface area (Å²) in [4.78, 5) is 29.9. The molecule has 0 unspecified atom stereocenters. The first-order valence-electron chi connectivity index (χ1n) is 7.18. The van der Waals surface area contributed by atoms with E-state index in [1.165, 1.54) is 12.1 Å². The maximum atomic E-state index is 12.0. The van der Waals surface area contributed by atoms with Crippen LogP contribution in [0.5, 0.6) is 0 Å². The van der Waals surface area contributed by atoms with Crippen molar-refractivity contribution in [3.8, 4) is 0 Å². The molecule has 0 atom stereocenters. The molecule has 1 aromatic carbocycles. The van der Waals surface area contributed by atoms with E-state index < -0.39 is 5.97 Å². The third kappa shape index (κ3) is 5.07. The molecule has 2 aromatic rings. The molecule has 0 aliphatic rings. The van der Waals surface area contributed by atoms with Crippen molar-refractivity contribution in [2.24, 2.45) is 0 Å². The Morgan fingerprint density at radius 1 is 1.30 bits per heavy atom. The zero-order valence-electron chi connectivity index (χ0n) is 13.1. The second-order valence-electron chi connectivity index (χ2n) is 5.20. The number of benzene rings is 1. The lowest BCUT2D eigenvalue weighted by Crippen LogP contribution is -2.37. The largest absolute Gasteiger partial charge is 0.478 e. The number of nitrogens with zero attached hydrogens (tertiary/aromatic N) is 2. The number of hydrogen-bond donors (Lipinski definition) is 2. The summed E-state index contributed by atoms with van der Waals surface area (Å²) in [5.74, 6) is -0.960. The molecule has 122 valence electrons. The van der Waals surface area contributed by atoms with Crippen LogP contribution in [0.25, 0.3) is 0 Å². The van der Waals surface area contributed by atoms with Gasteiger partial charge in [-0.1, -0.05) is 12.1 Å². The third-order valence-electron chi connectivity index (χ3n) is 3.32. The molecule has 0 spiro atoms. The van der Waals surface area contributed by atoms with Gasteiger partial charge in [0.25, 0.3) is 0 Å². The molecule has 1 aromatic heterocycles. The van der Waals surface area contributed by atoms with Gasteiger partial charge >= 0.3 is 12.0 Å². The third-order valence-corrected chi connectivity index (χ3v) is 4.29. The molecule has 0 radical (unpaired) electrons. The number of aryl methyl sites for hydroxylation is 1. The van der Waals surface area contributed by atoms with E-state index in [4.69, 9.17) is 5.11 Å². The highest BCUT2D eigenvalue weighted by Crippen LogP contribution is 2.11. The molecule has 0 aliphatic carbocycles. The van der Waals surface area contributed by atoms with Crippen molar-refractivity contribution in [3.63, 3.8) is 0 Å². The summed E-state index contributed by atoms with van der Waals surface area (Å²) in [6, 6.07) is 6.28. The van der Waals surface area contributed by atoms with E-state index in [9.17, 15) is 9.59 Å². The Balaban J connectivity index is 1.78. The smallest absolute Gasteiger partial charge is 0.335 e. The van der Waals surface area contributed by atoms with Gasteiger partial charge in [0.05, 0.1) is 10.6 Å². The van der Waals surface area contributed by atoms with E-state index in [0.717, 1.165) is 21.9 Å². The van der Waals surface area contributed by atoms with Crippen molar-refractivity contribution < 1.29 is 14.7 Å². The van der Waals surface area contributed by atoms with E-state index in [1.54, 1.807) is 35.4 Å². The number of rotatable bonds is 6. The van der Waals surface area contributed by atoms with Gasteiger partial charge in [-0.15, -0.1) is 11.3 Å². The summed E-state index contributed by atoms with van der Waals surface area (Å²) in [7, 11) is 1.74.